The van der Waals surface area contributed by atoms with Crippen LogP contribution in [0.4, 0.5) is 10.1 Å². The minimum absolute atomic E-state index is 0.100. The predicted molar refractivity (Wildman–Crippen MR) is 97.5 cm³/mol. The lowest BCUT2D eigenvalue weighted by Gasteiger charge is -2.16. The molecule has 1 saturated heterocycles. The molecule has 1 aliphatic heterocycles. The number of benzene rings is 2. The van der Waals surface area contributed by atoms with Crippen LogP contribution < -0.4 is 10.2 Å². The van der Waals surface area contributed by atoms with Crippen molar-refractivity contribution in [3.8, 4) is 0 Å². The van der Waals surface area contributed by atoms with Crippen molar-refractivity contribution >= 4 is 28.6 Å². The molecule has 1 aromatic heterocycles. The number of hydrogen-bond acceptors (Lipinski definition) is 4. The molecule has 27 heavy (non-hydrogen) atoms. The van der Waals surface area contributed by atoms with Crippen molar-refractivity contribution in [2.24, 2.45) is 5.92 Å². The van der Waals surface area contributed by atoms with Gasteiger partial charge in [-0.1, -0.05) is 12.1 Å². The summed E-state index contributed by atoms with van der Waals surface area (Å²) in [5.41, 5.74) is 2.85. The molecule has 0 spiro atoms. The molecule has 0 aliphatic carbocycles. The molecular formula is C20H18FN3O3. The van der Waals surface area contributed by atoms with E-state index >= 15 is 0 Å². The Bertz CT molecular complexity index is 1010. The van der Waals surface area contributed by atoms with Gasteiger partial charge in [-0.05, 0) is 35.9 Å². The number of oxazole rings is 1. The molecule has 6 nitrogen and oxygen atoms in total. The molecular weight excluding hydrogens is 349 g/mol. The van der Waals surface area contributed by atoms with Gasteiger partial charge in [0.2, 0.25) is 11.8 Å². The summed E-state index contributed by atoms with van der Waals surface area (Å²) in [6.45, 7) is 2.38. The van der Waals surface area contributed by atoms with Crippen molar-refractivity contribution in [2.75, 3.05) is 11.4 Å². The van der Waals surface area contributed by atoms with E-state index < -0.39 is 5.92 Å². The molecule has 1 atom stereocenters. The van der Waals surface area contributed by atoms with Crippen molar-refractivity contribution in [3.63, 3.8) is 0 Å². The molecule has 3 aromatic rings. The first-order valence-electron chi connectivity index (χ1n) is 8.69. The number of nitrogens with zero attached hydrogens (tertiary/aromatic N) is 2. The number of anilines is 1. The third-order valence-corrected chi connectivity index (χ3v) is 4.67. The number of carbonyl (C=O) groups is 2. The first-order chi connectivity index (χ1) is 13.0. The van der Waals surface area contributed by atoms with Crippen molar-refractivity contribution < 1.29 is 18.4 Å². The predicted octanol–water partition coefficient (Wildman–Crippen LogP) is 2.94. The summed E-state index contributed by atoms with van der Waals surface area (Å²) in [4.78, 5) is 30.7. The van der Waals surface area contributed by atoms with E-state index in [-0.39, 0.29) is 24.1 Å². The van der Waals surface area contributed by atoms with Crippen LogP contribution in [0, 0.1) is 18.7 Å². The average Bonchev–Trinajstić information content (AvgIpc) is 3.22. The van der Waals surface area contributed by atoms with Crippen molar-refractivity contribution in [1.82, 2.24) is 10.3 Å². The lowest BCUT2D eigenvalue weighted by Crippen LogP contribution is -2.32. The topological polar surface area (TPSA) is 75.4 Å². The summed E-state index contributed by atoms with van der Waals surface area (Å²) in [5, 5.41) is 2.82. The number of aryl methyl sites for hydroxylation is 1. The van der Waals surface area contributed by atoms with E-state index in [1.807, 2.05) is 0 Å². The first-order valence-corrected chi connectivity index (χ1v) is 8.69. The van der Waals surface area contributed by atoms with E-state index in [0.717, 1.165) is 5.56 Å². The van der Waals surface area contributed by atoms with E-state index in [9.17, 15) is 14.0 Å². The summed E-state index contributed by atoms with van der Waals surface area (Å²) in [6.07, 6.45) is 0.158. The monoisotopic (exact) mass is 367 g/mol. The number of carbonyl (C=O) groups excluding carboxylic acids is 2. The highest BCUT2D eigenvalue weighted by molar-refractivity contribution is 6.01. The van der Waals surface area contributed by atoms with Crippen LogP contribution in [-0.2, 0) is 16.1 Å². The fourth-order valence-electron chi connectivity index (χ4n) is 3.27. The van der Waals surface area contributed by atoms with E-state index in [1.165, 1.54) is 12.1 Å². The van der Waals surface area contributed by atoms with Crippen LogP contribution >= 0.6 is 0 Å². The van der Waals surface area contributed by atoms with Crippen LogP contribution in [0.3, 0.4) is 0 Å². The molecule has 138 valence electrons. The van der Waals surface area contributed by atoms with Crippen LogP contribution in [0.1, 0.15) is 17.9 Å². The fourth-order valence-corrected chi connectivity index (χ4v) is 3.27. The van der Waals surface area contributed by atoms with Crippen molar-refractivity contribution in [3.05, 3.63) is 59.7 Å². The van der Waals surface area contributed by atoms with Crippen LogP contribution in [-0.4, -0.2) is 23.3 Å². The Kier molecular flexibility index (Phi) is 4.35. The molecule has 0 saturated carbocycles. The first kappa shape index (κ1) is 17.2. The smallest absolute Gasteiger partial charge is 0.227 e. The molecule has 2 heterocycles. The maximum atomic E-state index is 12.9. The van der Waals surface area contributed by atoms with Gasteiger partial charge in [-0.25, -0.2) is 9.37 Å². The normalized spacial score (nSPS) is 16.9. The summed E-state index contributed by atoms with van der Waals surface area (Å²) in [7, 11) is 0. The van der Waals surface area contributed by atoms with Gasteiger partial charge in [0.1, 0.15) is 11.3 Å². The number of rotatable bonds is 4. The third-order valence-electron chi connectivity index (χ3n) is 4.67. The maximum absolute atomic E-state index is 12.9. The quantitative estimate of drug-likeness (QED) is 0.769. The van der Waals surface area contributed by atoms with Crippen LogP contribution in [0.15, 0.2) is 46.9 Å². The van der Waals surface area contributed by atoms with Gasteiger partial charge in [-0.2, -0.15) is 0 Å². The lowest BCUT2D eigenvalue weighted by atomic mass is 10.1. The molecule has 4 rings (SSSR count). The van der Waals surface area contributed by atoms with Crippen LogP contribution in [0.5, 0.6) is 0 Å². The number of fused-ring (bicyclic) bond motifs is 1. The van der Waals surface area contributed by atoms with Gasteiger partial charge in [0.15, 0.2) is 11.5 Å². The molecule has 7 heteroatoms. The van der Waals surface area contributed by atoms with E-state index in [1.54, 1.807) is 42.2 Å². The van der Waals surface area contributed by atoms with E-state index in [2.05, 4.69) is 10.3 Å². The highest BCUT2D eigenvalue weighted by Crippen LogP contribution is 2.28. The van der Waals surface area contributed by atoms with Crippen molar-refractivity contribution in [2.45, 2.75) is 19.9 Å². The van der Waals surface area contributed by atoms with E-state index in [0.29, 0.717) is 35.8 Å². The standard InChI is InChI=1S/C20H18FN3O3/c1-12-23-17-9-16(6-7-18(17)27-12)24-11-14(8-19(24)25)20(26)22-10-13-2-4-15(21)5-3-13/h2-7,9,14H,8,10-11H2,1H3,(H,22,26)/t14-/m0/s1. The van der Waals surface area contributed by atoms with E-state index in [4.69, 9.17) is 4.42 Å². The zero-order valence-electron chi connectivity index (χ0n) is 14.7. The Morgan fingerprint density at radius 1 is 1.30 bits per heavy atom. The summed E-state index contributed by atoms with van der Waals surface area (Å²) >= 11 is 0. The summed E-state index contributed by atoms with van der Waals surface area (Å²) in [6, 6.07) is 11.3. The van der Waals surface area contributed by atoms with Crippen molar-refractivity contribution in [1.29, 1.82) is 0 Å². The minimum Gasteiger partial charge on any atom is -0.441 e. The SMILES string of the molecule is Cc1nc2cc(N3C[C@@H](C(=O)NCc4ccc(F)cc4)CC3=O)ccc2o1. The number of amides is 2. The minimum atomic E-state index is -0.423. The average molecular weight is 367 g/mol. The molecule has 1 aliphatic rings. The molecule has 0 radical (unpaired) electrons. The van der Waals surface area contributed by atoms with Gasteiger partial charge in [0, 0.05) is 32.1 Å². The summed E-state index contributed by atoms with van der Waals surface area (Å²) < 4.78 is 18.4. The van der Waals surface area contributed by atoms with Gasteiger partial charge in [-0.15, -0.1) is 0 Å². The van der Waals surface area contributed by atoms with Gasteiger partial charge in [-0.3, -0.25) is 9.59 Å². The zero-order valence-corrected chi connectivity index (χ0v) is 14.7. The Hall–Kier alpha value is -3.22. The fraction of sp³-hybridized carbons (Fsp3) is 0.250. The number of aromatic nitrogens is 1. The van der Waals surface area contributed by atoms with Gasteiger partial charge in [0.25, 0.3) is 0 Å². The highest BCUT2D eigenvalue weighted by Gasteiger charge is 2.35. The Labute approximate surface area is 155 Å². The van der Waals surface area contributed by atoms with Gasteiger partial charge in [0.05, 0.1) is 5.92 Å². The Morgan fingerprint density at radius 2 is 2.07 bits per heavy atom. The van der Waals surface area contributed by atoms with Crippen LogP contribution in [0.2, 0.25) is 0 Å². The van der Waals surface area contributed by atoms with Crippen LogP contribution in [0.25, 0.3) is 11.1 Å². The second-order valence-electron chi connectivity index (χ2n) is 6.63. The second kappa shape index (κ2) is 6.83. The Balaban J connectivity index is 1.42. The zero-order chi connectivity index (χ0) is 19.0. The number of halogens is 1. The number of nitrogens with one attached hydrogen (secondary N) is 1. The lowest BCUT2D eigenvalue weighted by molar-refractivity contribution is -0.126. The molecule has 0 bridgehead atoms. The maximum Gasteiger partial charge on any atom is 0.227 e. The molecule has 1 fully saturated rings. The molecule has 0 unspecified atom stereocenters. The summed E-state index contributed by atoms with van der Waals surface area (Å²) in [5.74, 6) is -0.466. The third kappa shape index (κ3) is 3.53. The molecule has 2 amide bonds. The second-order valence-corrected chi connectivity index (χ2v) is 6.63. The number of hydrogen-bond donors (Lipinski definition) is 1. The van der Waals surface area contributed by atoms with Gasteiger partial charge < -0.3 is 14.6 Å². The largest absolute Gasteiger partial charge is 0.441 e. The van der Waals surface area contributed by atoms with Gasteiger partial charge >= 0.3 is 0 Å². The Morgan fingerprint density at radius 3 is 2.85 bits per heavy atom. The molecule has 2 aromatic carbocycles. The highest BCUT2D eigenvalue weighted by atomic mass is 19.1. The molecule has 1 N–H and O–H groups in total.